The maximum atomic E-state index is 12.5. The maximum absolute atomic E-state index is 12.5. The van der Waals surface area contributed by atoms with E-state index in [9.17, 15) is 28.1 Å². The monoisotopic (exact) mass is 576 g/mol. The first kappa shape index (κ1) is 28.1. The van der Waals surface area contributed by atoms with Crippen molar-refractivity contribution in [3.8, 4) is 17.5 Å². The van der Waals surface area contributed by atoms with Gasteiger partial charge in [0.25, 0.3) is 0 Å². The molecule has 1 amide bonds. The van der Waals surface area contributed by atoms with E-state index in [1.54, 1.807) is 9.47 Å². The van der Waals surface area contributed by atoms with E-state index in [0.29, 0.717) is 30.9 Å². The smallest absolute Gasteiger partial charge is 0.489 e. The number of fused-ring (bicyclic) bond motifs is 1. The number of aromatic nitrogens is 2. The van der Waals surface area contributed by atoms with Crippen molar-refractivity contribution in [1.82, 2.24) is 14.5 Å². The van der Waals surface area contributed by atoms with Crippen LogP contribution in [0.3, 0.4) is 0 Å². The molecule has 1 aromatic heterocycles. The molecule has 14 heteroatoms. The Morgan fingerprint density at radius 3 is 2.39 bits per heavy atom. The summed E-state index contributed by atoms with van der Waals surface area (Å²) >= 11 is 0. The molecule has 2 aliphatic heterocycles. The number of hydrogen-bond acceptors (Lipinski definition) is 8. The average Bonchev–Trinajstić information content (AvgIpc) is 3.47. The van der Waals surface area contributed by atoms with Crippen LogP contribution in [0.15, 0.2) is 54.7 Å². The van der Waals surface area contributed by atoms with Crippen LogP contribution in [0.5, 0.6) is 17.5 Å². The topological polar surface area (TPSA) is 118 Å². The predicted octanol–water partition coefficient (Wildman–Crippen LogP) is 5.44. The van der Waals surface area contributed by atoms with Gasteiger partial charge in [-0.05, 0) is 66.0 Å². The van der Waals surface area contributed by atoms with Crippen molar-refractivity contribution in [1.29, 1.82) is 0 Å². The van der Waals surface area contributed by atoms with Gasteiger partial charge >= 0.3 is 24.3 Å². The molecule has 0 N–H and O–H groups in total. The maximum Gasteiger partial charge on any atom is 0.573 e. The number of ether oxygens (including phenoxy) is 4. The molecule has 0 spiro atoms. The summed E-state index contributed by atoms with van der Waals surface area (Å²) in [7, 11) is 0. The molecular weight excluding hydrogens is 549 g/mol. The van der Waals surface area contributed by atoms with E-state index in [2.05, 4.69) is 9.72 Å². The standard InChI is InChI=1S/C27H27F3N4O7/c1-26(16-33-14-23(34(36)37)31-24(33)41-26)17-39-21-8-4-19(5-9-21)20-10-12-32(13-11-20)25(35)38-15-18-2-6-22(7-3-18)40-27(28,29)30/h2-9,14,20H,10-13,15-17H2,1H3. The zero-order chi connectivity index (χ0) is 29.2. The minimum atomic E-state index is -4.76. The lowest BCUT2D eigenvalue weighted by atomic mass is 9.89. The number of imidazole rings is 1. The van der Waals surface area contributed by atoms with Gasteiger partial charge in [0.05, 0.1) is 6.54 Å². The van der Waals surface area contributed by atoms with Gasteiger partial charge in [-0.15, -0.1) is 13.2 Å². The van der Waals surface area contributed by atoms with E-state index >= 15 is 0 Å². The summed E-state index contributed by atoms with van der Waals surface area (Å²) in [5.74, 6) is 0.328. The summed E-state index contributed by atoms with van der Waals surface area (Å²) in [6.07, 6.45) is -2.38. The average molecular weight is 577 g/mol. The van der Waals surface area contributed by atoms with E-state index in [1.165, 1.54) is 30.5 Å². The molecule has 2 aliphatic rings. The molecule has 0 saturated carbocycles. The molecule has 1 atom stereocenters. The second-order valence-electron chi connectivity index (χ2n) is 10.2. The Morgan fingerprint density at radius 1 is 1.12 bits per heavy atom. The molecule has 1 saturated heterocycles. The molecule has 1 unspecified atom stereocenters. The SMILES string of the molecule is CC1(COc2ccc(C3CCN(C(=O)OCc4ccc(OC(F)(F)F)cc4)CC3)cc2)Cn2cc([N+](=O)[O-])nc2O1. The first-order valence-electron chi connectivity index (χ1n) is 12.9. The molecule has 5 rings (SSSR count). The third-order valence-corrected chi connectivity index (χ3v) is 6.92. The number of carbonyl (C=O) groups excluding carboxylic acids is 1. The largest absolute Gasteiger partial charge is 0.573 e. The molecule has 0 aliphatic carbocycles. The van der Waals surface area contributed by atoms with Crippen molar-refractivity contribution in [2.45, 2.75) is 50.8 Å². The van der Waals surface area contributed by atoms with Crippen molar-refractivity contribution < 1.29 is 41.8 Å². The Morgan fingerprint density at radius 2 is 1.78 bits per heavy atom. The summed E-state index contributed by atoms with van der Waals surface area (Å²) in [4.78, 5) is 28.3. The van der Waals surface area contributed by atoms with Crippen molar-refractivity contribution in [3.05, 3.63) is 76.0 Å². The number of amides is 1. The molecule has 218 valence electrons. The molecule has 3 heterocycles. The minimum absolute atomic E-state index is 0.0562. The van der Waals surface area contributed by atoms with Gasteiger partial charge in [0.1, 0.15) is 30.9 Å². The van der Waals surface area contributed by atoms with Crippen LogP contribution in [-0.2, 0) is 17.9 Å². The lowest BCUT2D eigenvalue weighted by molar-refractivity contribution is -0.389. The summed E-state index contributed by atoms with van der Waals surface area (Å²) in [5, 5.41) is 10.9. The Balaban J connectivity index is 1.04. The lowest BCUT2D eigenvalue weighted by Crippen LogP contribution is -2.38. The molecule has 41 heavy (non-hydrogen) atoms. The Bertz CT molecular complexity index is 1360. The van der Waals surface area contributed by atoms with E-state index in [4.69, 9.17) is 14.2 Å². The number of alkyl halides is 3. The number of halogens is 3. The van der Waals surface area contributed by atoms with Crippen LogP contribution in [0.25, 0.3) is 0 Å². The molecule has 11 nitrogen and oxygen atoms in total. The Labute approximate surface area is 232 Å². The van der Waals surface area contributed by atoms with Gasteiger partial charge < -0.3 is 34.0 Å². The number of hydrogen-bond donors (Lipinski definition) is 0. The zero-order valence-corrected chi connectivity index (χ0v) is 22.0. The number of nitro groups is 1. The van der Waals surface area contributed by atoms with Gasteiger partial charge in [-0.3, -0.25) is 4.57 Å². The van der Waals surface area contributed by atoms with E-state index in [0.717, 1.165) is 18.4 Å². The second kappa shape index (κ2) is 11.2. The summed E-state index contributed by atoms with van der Waals surface area (Å²) in [5.41, 5.74) is 0.971. The molecule has 3 aromatic rings. The van der Waals surface area contributed by atoms with Gasteiger partial charge in [0, 0.05) is 18.1 Å². The highest BCUT2D eigenvalue weighted by Crippen LogP contribution is 2.33. The molecule has 1 fully saturated rings. The Hall–Kier alpha value is -4.49. The van der Waals surface area contributed by atoms with E-state index in [-0.39, 0.29) is 36.7 Å². The van der Waals surface area contributed by atoms with Gasteiger partial charge in [0.15, 0.2) is 5.60 Å². The fraction of sp³-hybridized carbons (Fsp3) is 0.407. The normalized spacial score (nSPS) is 18.9. The van der Waals surface area contributed by atoms with Crippen molar-refractivity contribution in [3.63, 3.8) is 0 Å². The number of nitrogens with zero attached hydrogens (tertiary/aromatic N) is 4. The number of carbonyl (C=O) groups is 1. The van der Waals surface area contributed by atoms with Crippen LogP contribution < -0.4 is 14.2 Å². The second-order valence-corrected chi connectivity index (χ2v) is 10.2. The van der Waals surface area contributed by atoms with Crippen LogP contribution in [0.2, 0.25) is 0 Å². The predicted molar refractivity (Wildman–Crippen MR) is 137 cm³/mol. The van der Waals surface area contributed by atoms with Crippen LogP contribution in [0.4, 0.5) is 23.8 Å². The quantitative estimate of drug-likeness (QED) is 0.257. The first-order valence-corrected chi connectivity index (χ1v) is 12.9. The van der Waals surface area contributed by atoms with Crippen molar-refractivity contribution in [2.24, 2.45) is 0 Å². The minimum Gasteiger partial charge on any atom is -0.489 e. The van der Waals surface area contributed by atoms with Crippen LogP contribution >= 0.6 is 0 Å². The van der Waals surface area contributed by atoms with E-state index < -0.39 is 23.0 Å². The highest BCUT2D eigenvalue weighted by molar-refractivity contribution is 5.67. The number of piperidine rings is 1. The van der Waals surface area contributed by atoms with Crippen LogP contribution in [0, 0.1) is 10.1 Å². The van der Waals surface area contributed by atoms with Gasteiger partial charge in [-0.1, -0.05) is 24.3 Å². The fourth-order valence-corrected chi connectivity index (χ4v) is 4.85. The molecule has 2 aromatic carbocycles. The van der Waals surface area contributed by atoms with Gasteiger partial charge in [-0.25, -0.2) is 4.79 Å². The number of likely N-dealkylation sites (tertiary alicyclic amines) is 1. The van der Waals surface area contributed by atoms with Crippen LogP contribution in [0.1, 0.15) is 36.8 Å². The number of benzene rings is 2. The van der Waals surface area contributed by atoms with Gasteiger partial charge in [0.2, 0.25) is 0 Å². The zero-order valence-electron chi connectivity index (χ0n) is 22.0. The molecule has 0 radical (unpaired) electrons. The van der Waals surface area contributed by atoms with Crippen molar-refractivity contribution in [2.75, 3.05) is 19.7 Å². The van der Waals surface area contributed by atoms with Gasteiger partial charge in [-0.2, -0.15) is 0 Å². The first-order chi connectivity index (χ1) is 19.5. The van der Waals surface area contributed by atoms with E-state index in [1.807, 2.05) is 31.2 Å². The lowest BCUT2D eigenvalue weighted by Gasteiger charge is -2.31. The third kappa shape index (κ3) is 6.99. The van der Waals surface area contributed by atoms with Crippen LogP contribution in [-0.4, -0.2) is 57.1 Å². The highest BCUT2D eigenvalue weighted by Gasteiger charge is 2.41. The third-order valence-electron chi connectivity index (χ3n) is 6.92. The molecular formula is C27H27F3N4O7. The fourth-order valence-electron chi connectivity index (χ4n) is 4.85. The summed E-state index contributed by atoms with van der Waals surface area (Å²) in [6, 6.07) is 13.1. The number of rotatable bonds is 8. The molecule has 0 bridgehead atoms. The van der Waals surface area contributed by atoms with Crippen molar-refractivity contribution >= 4 is 11.9 Å². The summed E-state index contributed by atoms with van der Waals surface area (Å²) < 4.78 is 59.3. The Kier molecular flexibility index (Phi) is 7.65. The highest BCUT2D eigenvalue weighted by atomic mass is 19.4. The summed E-state index contributed by atoms with van der Waals surface area (Å²) in [6.45, 7) is 3.44.